The van der Waals surface area contributed by atoms with Crippen molar-refractivity contribution in [3.05, 3.63) is 0 Å². The van der Waals surface area contributed by atoms with E-state index in [-0.39, 0.29) is 11.3 Å². The topological polar surface area (TPSA) is 38.3 Å². The summed E-state index contributed by atoms with van der Waals surface area (Å²) in [5, 5.41) is 3.01. The van der Waals surface area contributed by atoms with Crippen LogP contribution in [-0.4, -0.2) is 30.5 Å². The molecule has 1 heterocycles. The summed E-state index contributed by atoms with van der Waals surface area (Å²) in [6.07, 6.45) is 3.80. The Morgan fingerprint density at radius 1 is 1.53 bits per heavy atom. The first-order chi connectivity index (χ1) is 7.90. The highest BCUT2D eigenvalue weighted by atomic mass is 35.5. The summed E-state index contributed by atoms with van der Waals surface area (Å²) in [6.45, 7) is 7.55. The molecule has 100 valence electrons. The largest absolute Gasteiger partial charge is 0.365 e. The summed E-state index contributed by atoms with van der Waals surface area (Å²) in [4.78, 5) is 12.0. The number of halogens is 1. The van der Waals surface area contributed by atoms with Crippen LogP contribution in [-0.2, 0) is 9.53 Å². The fourth-order valence-electron chi connectivity index (χ4n) is 2.10. The zero-order chi connectivity index (χ0) is 12.9. The molecule has 3 nitrogen and oxygen atoms in total. The molecule has 1 amide bonds. The molecule has 1 saturated heterocycles. The molecule has 0 radical (unpaired) electrons. The van der Waals surface area contributed by atoms with E-state index in [0.29, 0.717) is 19.0 Å². The van der Waals surface area contributed by atoms with Crippen molar-refractivity contribution in [2.75, 3.05) is 19.0 Å². The molecule has 0 aromatic heterocycles. The summed E-state index contributed by atoms with van der Waals surface area (Å²) in [6, 6.07) is 0. The van der Waals surface area contributed by atoms with E-state index in [1.165, 1.54) is 0 Å². The summed E-state index contributed by atoms with van der Waals surface area (Å²) in [5.74, 6) is 0.701. The van der Waals surface area contributed by atoms with Gasteiger partial charge in [0.25, 0.3) is 5.91 Å². The van der Waals surface area contributed by atoms with Gasteiger partial charge >= 0.3 is 0 Å². The molecule has 1 atom stereocenters. The van der Waals surface area contributed by atoms with E-state index in [1.54, 1.807) is 0 Å². The minimum absolute atomic E-state index is 0.0222. The number of carbonyl (C=O) groups excluding carboxylic acids is 1. The Morgan fingerprint density at radius 2 is 2.24 bits per heavy atom. The van der Waals surface area contributed by atoms with Crippen LogP contribution in [0.2, 0.25) is 0 Å². The number of nitrogens with one attached hydrogen (secondary N) is 1. The summed E-state index contributed by atoms with van der Waals surface area (Å²) in [5.41, 5.74) is -0.512. The Bertz CT molecular complexity index is 260. The smallest absolute Gasteiger partial charge is 0.251 e. The van der Waals surface area contributed by atoms with E-state index in [2.05, 4.69) is 19.2 Å². The van der Waals surface area contributed by atoms with Gasteiger partial charge in [-0.25, -0.2) is 0 Å². The molecule has 0 bridgehead atoms. The normalized spacial score (nSPS) is 24.9. The molecule has 1 unspecified atom stereocenters. The zero-order valence-corrected chi connectivity index (χ0v) is 11.9. The highest BCUT2D eigenvalue weighted by molar-refractivity contribution is 6.17. The van der Waals surface area contributed by atoms with E-state index in [0.717, 1.165) is 25.7 Å². The quantitative estimate of drug-likeness (QED) is 0.747. The fourth-order valence-corrected chi connectivity index (χ4v) is 2.23. The highest BCUT2D eigenvalue weighted by Crippen LogP contribution is 2.26. The Labute approximate surface area is 109 Å². The number of hydrogen-bond acceptors (Lipinski definition) is 2. The molecule has 1 rings (SSSR count). The Balaban J connectivity index is 2.36. The van der Waals surface area contributed by atoms with Gasteiger partial charge in [-0.15, -0.1) is 11.6 Å². The summed E-state index contributed by atoms with van der Waals surface area (Å²) < 4.78 is 5.52. The summed E-state index contributed by atoms with van der Waals surface area (Å²) >= 11 is 5.69. The van der Waals surface area contributed by atoms with Crippen LogP contribution in [0.25, 0.3) is 0 Å². The van der Waals surface area contributed by atoms with Gasteiger partial charge in [-0.05, 0) is 38.0 Å². The van der Waals surface area contributed by atoms with Gasteiger partial charge in [-0.1, -0.05) is 13.8 Å². The lowest BCUT2D eigenvalue weighted by atomic mass is 9.87. The molecule has 0 aromatic carbocycles. The monoisotopic (exact) mass is 261 g/mol. The van der Waals surface area contributed by atoms with Crippen molar-refractivity contribution in [2.24, 2.45) is 5.41 Å². The van der Waals surface area contributed by atoms with Gasteiger partial charge in [0.2, 0.25) is 0 Å². The van der Waals surface area contributed by atoms with Crippen molar-refractivity contribution in [2.45, 2.75) is 52.1 Å². The van der Waals surface area contributed by atoms with Crippen molar-refractivity contribution in [3.63, 3.8) is 0 Å². The van der Waals surface area contributed by atoms with E-state index >= 15 is 0 Å². The SMILES string of the molecule is CC(C)(CCCCl)CNC(=O)C1(C)CCCO1. The lowest BCUT2D eigenvalue weighted by Gasteiger charge is -2.28. The minimum Gasteiger partial charge on any atom is -0.365 e. The standard InChI is InChI=1S/C13H24ClNO2/c1-12(2,6-4-8-14)10-15-11(16)13(3)7-5-9-17-13/h4-10H2,1-3H3,(H,15,16). The van der Waals surface area contributed by atoms with E-state index in [1.807, 2.05) is 6.92 Å². The van der Waals surface area contributed by atoms with Crippen LogP contribution in [0.15, 0.2) is 0 Å². The zero-order valence-electron chi connectivity index (χ0n) is 11.1. The van der Waals surface area contributed by atoms with Gasteiger partial charge in [-0.2, -0.15) is 0 Å². The average molecular weight is 262 g/mol. The maximum absolute atomic E-state index is 12.0. The summed E-state index contributed by atoms with van der Waals surface area (Å²) in [7, 11) is 0. The molecule has 4 heteroatoms. The van der Waals surface area contributed by atoms with Gasteiger partial charge in [-0.3, -0.25) is 4.79 Å². The first-order valence-corrected chi connectivity index (χ1v) is 6.91. The second-order valence-electron chi connectivity index (χ2n) is 5.82. The van der Waals surface area contributed by atoms with Crippen molar-refractivity contribution in [1.29, 1.82) is 0 Å². The second-order valence-corrected chi connectivity index (χ2v) is 6.20. The van der Waals surface area contributed by atoms with Gasteiger partial charge in [0.15, 0.2) is 0 Å². The number of rotatable bonds is 6. The van der Waals surface area contributed by atoms with Gasteiger partial charge in [0, 0.05) is 19.0 Å². The third-order valence-corrected chi connectivity index (χ3v) is 3.68. The van der Waals surface area contributed by atoms with Crippen LogP contribution < -0.4 is 5.32 Å². The van der Waals surface area contributed by atoms with E-state index in [4.69, 9.17) is 16.3 Å². The third-order valence-electron chi connectivity index (χ3n) is 3.41. The Kier molecular flexibility index (Phi) is 5.26. The van der Waals surface area contributed by atoms with Crippen molar-refractivity contribution < 1.29 is 9.53 Å². The minimum atomic E-state index is -0.609. The molecule has 1 aliphatic rings. The van der Waals surface area contributed by atoms with Gasteiger partial charge in [0.05, 0.1) is 0 Å². The van der Waals surface area contributed by atoms with E-state index in [9.17, 15) is 4.79 Å². The second kappa shape index (κ2) is 6.05. The predicted molar refractivity (Wildman–Crippen MR) is 70.3 cm³/mol. The Hall–Kier alpha value is -0.280. The maximum atomic E-state index is 12.0. The molecule has 1 aliphatic heterocycles. The highest BCUT2D eigenvalue weighted by Gasteiger charge is 2.38. The first kappa shape index (κ1) is 14.8. The van der Waals surface area contributed by atoms with Crippen molar-refractivity contribution >= 4 is 17.5 Å². The molecule has 17 heavy (non-hydrogen) atoms. The molecule has 0 aliphatic carbocycles. The molecule has 1 fully saturated rings. The van der Waals surface area contributed by atoms with Crippen molar-refractivity contribution in [3.8, 4) is 0 Å². The molecule has 1 N–H and O–H groups in total. The maximum Gasteiger partial charge on any atom is 0.251 e. The van der Waals surface area contributed by atoms with Crippen LogP contribution in [0.5, 0.6) is 0 Å². The first-order valence-electron chi connectivity index (χ1n) is 6.38. The number of alkyl halides is 1. The van der Waals surface area contributed by atoms with Crippen LogP contribution >= 0.6 is 11.6 Å². The molecule has 0 aromatic rings. The Morgan fingerprint density at radius 3 is 2.76 bits per heavy atom. The van der Waals surface area contributed by atoms with Gasteiger partial charge in [0.1, 0.15) is 5.60 Å². The average Bonchev–Trinajstić information content (AvgIpc) is 2.72. The van der Waals surface area contributed by atoms with Crippen LogP contribution in [0.3, 0.4) is 0 Å². The molecule has 0 saturated carbocycles. The van der Waals surface area contributed by atoms with Crippen LogP contribution in [0.4, 0.5) is 0 Å². The molecule has 0 spiro atoms. The number of hydrogen-bond donors (Lipinski definition) is 1. The number of carbonyl (C=O) groups is 1. The fraction of sp³-hybridized carbons (Fsp3) is 0.923. The van der Waals surface area contributed by atoms with Crippen molar-refractivity contribution in [1.82, 2.24) is 5.32 Å². The van der Waals surface area contributed by atoms with E-state index < -0.39 is 5.60 Å². The molecular formula is C13H24ClNO2. The third kappa shape index (κ3) is 4.47. The van der Waals surface area contributed by atoms with Gasteiger partial charge < -0.3 is 10.1 Å². The number of ether oxygens (including phenoxy) is 1. The lowest BCUT2D eigenvalue weighted by molar-refractivity contribution is -0.140. The molecular weight excluding hydrogens is 238 g/mol. The van der Waals surface area contributed by atoms with Crippen LogP contribution in [0.1, 0.15) is 46.5 Å². The lowest BCUT2D eigenvalue weighted by Crippen LogP contribution is -2.46. The number of amides is 1. The van der Waals surface area contributed by atoms with Crippen LogP contribution in [0, 0.1) is 5.41 Å². The predicted octanol–water partition coefficient (Wildman–Crippen LogP) is 2.72.